The smallest absolute Gasteiger partial charge is 0.382 e. The molecule has 1 amide bonds. The highest BCUT2D eigenvalue weighted by Gasteiger charge is 2.39. The van der Waals surface area contributed by atoms with E-state index in [1.54, 1.807) is 0 Å². The molecule has 0 saturated heterocycles. The van der Waals surface area contributed by atoms with Gasteiger partial charge in [-0.05, 0) is 36.4 Å². The number of amides is 1. The lowest BCUT2D eigenvalue weighted by atomic mass is 10.2. The van der Waals surface area contributed by atoms with Crippen molar-refractivity contribution in [3.8, 4) is 17.1 Å². The predicted octanol–water partition coefficient (Wildman–Crippen LogP) is 2.16. The van der Waals surface area contributed by atoms with E-state index in [1.165, 1.54) is 42.5 Å². The summed E-state index contributed by atoms with van der Waals surface area (Å²) < 4.78 is 55.6. The molecule has 2 heterocycles. The minimum absolute atomic E-state index is 0.141. The number of aliphatic hydroxyl groups excluding tert-OH is 1. The second-order valence-corrected chi connectivity index (χ2v) is 7.95. The zero-order valence-corrected chi connectivity index (χ0v) is 18.8. The number of primary amides is 1. The first-order valence-corrected chi connectivity index (χ1v) is 10.5. The summed E-state index contributed by atoms with van der Waals surface area (Å²) >= 11 is 5.87. The molecule has 0 spiro atoms. The first-order valence-electron chi connectivity index (χ1n) is 10.1. The second kappa shape index (κ2) is 9.54. The highest BCUT2D eigenvalue weighted by atomic mass is 35.5. The molecule has 2 aromatic carbocycles. The highest BCUT2D eigenvalue weighted by Crippen LogP contribution is 2.24. The van der Waals surface area contributed by atoms with Crippen molar-refractivity contribution in [2.75, 3.05) is 0 Å². The van der Waals surface area contributed by atoms with Gasteiger partial charge in [-0.1, -0.05) is 23.7 Å². The lowest BCUT2D eigenvalue weighted by Crippen LogP contribution is -2.37. The maximum Gasteiger partial charge on any atom is 0.416 e. The zero-order valence-electron chi connectivity index (χ0n) is 18.0. The SMILES string of the molecule is NC(=O)c1nc(Cn2nc(-c3ccc(Cl)cc3)n(CC(O)C(F)(F)F)c2=O)nn1-c1ccccc1F. The molecule has 36 heavy (non-hydrogen) atoms. The molecule has 0 fully saturated rings. The number of hydrogen-bond donors (Lipinski definition) is 2. The molecule has 1 atom stereocenters. The van der Waals surface area contributed by atoms with Crippen molar-refractivity contribution in [2.45, 2.75) is 25.4 Å². The van der Waals surface area contributed by atoms with Crippen LogP contribution in [0, 0.1) is 5.82 Å². The monoisotopic (exact) mass is 525 g/mol. The van der Waals surface area contributed by atoms with Crippen LogP contribution in [0.3, 0.4) is 0 Å². The summed E-state index contributed by atoms with van der Waals surface area (Å²) in [6.07, 6.45) is -7.84. The Labute approximate surface area is 204 Å². The lowest BCUT2D eigenvalue weighted by Gasteiger charge is -2.15. The van der Waals surface area contributed by atoms with Crippen LogP contribution >= 0.6 is 11.6 Å². The van der Waals surface area contributed by atoms with Gasteiger partial charge in [-0.25, -0.2) is 23.5 Å². The van der Waals surface area contributed by atoms with Crippen LogP contribution in [0.1, 0.15) is 16.4 Å². The summed E-state index contributed by atoms with van der Waals surface area (Å²) in [6.45, 7) is -1.64. The number of nitrogens with two attached hydrogens (primary N) is 1. The number of alkyl halides is 3. The summed E-state index contributed by atoms with van der Waals surface area (Å²) in [5, 5.41) is 18.0. The molecular formula is C21H16ClF4N7O3. The molecule has 188 valence electrons. The van der Waals surface area contributed by atoms with E-state index in [-0.39, 0.29) is 22.9 Å². The molecule has 0 aliphatic rings. The molecule has 0 aliphatic carbocycles. The first kappa shape index (κ1) is 25.1. The fourth-order valence-corrected chi connectivity index (χ4v) is 3.43. The van der Waals surface area contributed by atoms with Crippen molar-refractivity contribution in [1.82, 2.24) is 29.1 Å². The maximum absolute atomic E-state index is 14.3. The van der Waals surface area contributed by atoms with Gasteiger partial charge in [-0.15, -0.1) is 10.2 Å². The highest BCUT2D eigenvalue weighted by molar-refractivity contribution is 6.30. The fraction of sp³-hybridized carbons (Fsp3) is 0.190. The van der Waals surface area contributed by atoms with E-state index in [2.05, 4.69) is 15.2 Å². The third kappa shape index (κ3) is 4.99. The van der Waals surface area contributed by atoms with Crippen LogP contribution in [0.2, 0.25) is 5.02 Å². The van der Waals surface area contributed by atoms with Crippen molar-refractivity contribution in [3.63, 3.8) is 0 Å². The fourth-order valence-electron chi connectivity index (χ4n) is 3.30. The molecule has 0 aliphatic heterocycles. The van der Waals surface area contributed by atoms with E-state index in [0.29, 0.717) is 9.59 Å². The van der Waals surface area contributed by atoms with Crippen LogP contribution in [0.25, 0.3) is 17.1 Å². The van der Waals surface area contributed by atoms with Gasteiger partial charge >= 0.3 is 11.9 Å². The number of nitrogens with zero attached hydrogens (tertiary/aromatic N) is 6. The molecule has 4 rings (SSSR count). The Morgan fingerprint density at radius 1 is 1.11 bits per heavy atom. The van der Waals surface area contributed by atoms with Crippen LogP contribution in [0.15, 0.2) is 53.3 Å². The predicted molar refractivity (Wildman–Crippen MR) is 118 cm³/mol. The van der Waals surface area contributed by atoms with E-state index in [1.807, 2.05) is 0 Å². The van der Waals surface area contributed by atoms with Crippen molar-refractivity contribution in [3.05, 3.63) is 81.5 Å². The van der Waals surface area contributed by atoms with Gasteiger partial charge in [0.2, 0.25) is 5.82 Å². The van der Waals surface area contributed by atoms with Crippen LogP contribution in [0.4, 0.5) is 17.6 Å². The van der Waals surface area contributed by atoms with Gasteiger partial charge in [-0.2, -0.15) is 13.2 Å². The minimum Gasteiger partial charge on any atom is -0.382 e. The van der Waals surface area contributed by atoms with Crippen LogP contribution in [0.5, 0.6) is 0 Å². The van der Waals surface area contributed by atoms with Gasteiger partial charge in [0.05, 0.1) is 6.54 Å². The van der Waals surface area contributed by atoms with Crippen LogP contribution in [-0.4, -0.2) is 52.4 Å². The van der Waals surface area contributed by atoms with E-state index in [0.717, 1.165) is 15.4 Å². The first-order chi connectivity index (χ1) is 17.0. The van der Waals surface area contributed by atoms with Crippen LogP contribution < -0.4 is 11.4 Å². The molecule has 0 bridgehead atoms. The normalized spacial score (nSPS) is 12.6. The summed E-state index contributed by atoms with van der Waals surface area (Å²) in [7, 11) is 0. The molecule has 0 saturated carbocycles. The van der Waals surface area contributed by atoms with Gasteiger partial charge in [0.1, 0.15) is 18.0 Å². The number of halogens is 5. The van der Waals surface area contributed by atoms with E-state index in [4.69, 9.17) is 17.3 Å². The van der Waals surface area contributed by atoms with Crippen molar-refractivity contribution < 1.29 is 27.5 Å². The topological polar surface area (TPSA) is 134 Å². The Kier molecular flexibility index (Phi) is 6.65. The Morgan fingerprint density at radius 2 is 1.78 bits per heavy atom. The van der Waals surface area contributed by atoms with Crippen molar-refractivity contribution >= 4 is 17.5 Å². The standard InChI is InChI=1S/C21H16ClF4N7O3/c22-12-7-5-11(6-8-12)18-30-32(20(36)31(18)9-15(34)21(24,25)26)10-16-28-19(17(27)35)33(29-16)14-4-2-1-3-13(14)23/h1-8,15,34H,9-10H2,(H2,27,35). The molecule has 10 nitrogen and oxygen atoms in total. The number of carbonyl (C=O) groups excluding carboxylic acids is 1. The molecular weight excluding hydrogens is 510 g/mol. The Morgan fingerprint density at radius 3 is 2.39 bits per heavy atom. The third-order valence-corrected chi connectivity index (χ3v) is 5.25. The molecule has 2 aromatic heterocycles. The van der Waals surface area contributed by atoms with E-state index in [9.17, 15) is 32.3 Å². The average molecular weight is 526 g/mol. The number of hydrogen-bond acceptors (Lipinski definition) is 6. The van der Waals surface area contributed by atoms with E-state index >= 15 is 0 Å². The number of rotatable bonds is 7. The van der Waals surface area contributed by atoms with Crippen molar-refractivity contribution in [1.29, 1.82) is 0 Å². The van der Waals surface area contributed by atoms with Crippen LogP contribution in [-0.2, 0) is 13.1 Å². The molecule has 0 radical (unpaired) electrons. The van der Waals surface area contributed by atoms with Gasteiger partial charge in [-0.3, -0.25) is 9.36 Å². The summed E-state index contributed by atoms with van der Waals surface area (Å²) in [6, 6.07) is 11.1. The second-order valence-electron chi connectivity index (χ2n) is 7.52. The Bertz CT molecular complexity index is 1480. The largest absolute Gasteiger partial charge is 0.416 e. The molecule has 4 aromatic rings. The summed E-state index contributed by atoms with van der Waals surface area (Å²) in [4.78, 5) is 28.8. The van der Waals surface area contributed by atoms with Crippen molar-refractivity contribution in [2.24, 2.45) is 5.73 Å². The van der Waals surface area contributed by atoms with Gasteiger partial charge < -0.3 is 10.8 Å². The van der Waals surface area contributed by atoms with E-state index < -0.39 is 48.6 Å². The molecule has 1 unspecified atom stereocenters. The van der Waals surface area contributed by atoms with Gasteiger partial charge in [0.25, 0.3) is 5.91 Å². The quantitative estimate of drug-likeness (QED) is 0.355. The minimum atomic E-state index is -4.99. The average Bonchev–Trinajstić information content (AvgIpc) is 3.36. The number of aliphatic hydroxyl groups is 1. The molecule has 3 N–H and O–H groups in total. The zero-order chi connectivity index (χ0) is 26.2. The number of aromatic nitrogens is 6. The summed E-state index contributed by atoms with van der Waals surface area (Å²) in [5.74, 6) is -2.59. The third-order valence-electron chi connectivity index (χ3n) is 5.00. The lowest BCUT2D eigenvalue weighted by molar-refractivity contribution is -0.207. The Balaban J connectivity index is 1.78. The van der Waals surface area contributed by atoms with Gasteiger partial charge in [0.15, 0.2) is 17.8 Å². The molecule has 15 heteroatoms. The summed E-state index contributed by atoms with van der Waals surface area (Å²) in [5.41, 5.74) is 4.41. The van der Waals surface area contributed by atoms with Gasteiger partial charge in [0, 0.05) is 10.6 Å². The number of benzene rings is 2. The maximum atomic E-state index is 14.3. The Hall–Kier alpha value is -4.04. The number of carbonyl (C=O) groups is 1. The number of para-hydroxylation sites is 1.